The molecule has 0 aromatic rings. The van der Waals surface area contributed by atoms with Crippen molar-refractivity contribution in [2.24, 2.45) is 34.0 Å². The van der Waals surface area contributed by atoms with Crippen LogP contribution in [0.5, 0.6) is 0 Å². The number of carbonyl (C=O) groups excluding carboxylic acids is 3. The average molecular weight is 502 g/mol. The number of aliphatic hydroxyl groups is 1. The summed E-state index contributed by atoms with van der Waals surface area (Å²) in [5, 5.41) is 26.7. The van der Waals surface area contributed by atoms with Gasteiger partial charge >= 0.3 is 5.97 Å². The van der Waals surface area contributed by atoms with Crippen LogP contribution in [0.2, 0.25) is 0 Å². The second-order valence-corrected chi connectivity index (χ2v) is 9.18. The third-order valence-electron chi connectivity index (χ3n) is 5.52. The van der Waals surface area contributed by atoms with E-state index >= 15 is 0 Å². The summed E-state index contributed by atoms with van der Waals surface area (Å²) in [6.45, 7) is 8.76. The van der Waals surface area contributed by atoms with E-state index in [1.54, 1.807) is 13.8 Å². The lowest BCUT2D eigenvalue weighted by Crippen LogP contribution is -2.58. The molecule has 0 heterocycles. The Morgan fingerprint density at radius 1 is 0.914 bits per heavy atom. The van der Waals surface area contributed by atoms with Crippen LogP contribution in [0.25, 0.3) is 0 Å². The zero-order chi connectivity index (χ0) is 27.3. The van der Waals surface area contributed by atoms with Crippen LogP contribution >= 0.6 is 0 Å². The zero-order valence-corrected chi connectivity index (χ0v) is 21.3. The molecule has 11 N–H and O–H groups in total. The molecule has 6 unspecified atom stereocenters. The van der Waals surface area contributed by atoms with E-state index < -0.39 is 54.0 Å². The van der Waals surface area contributed by atoms with Crippen LogP contribution in [-0.2, 0) is 19.2 Å². The van der Waals surface area contributed by atoms with Crippen LogP contribution < -0.4 is 33.2 Å². The molecule has 3 amide bonds. The van der Waals surface area contributed by atoms with Gasteiger partial charge in [0.2, 0.25) is 17.7 Å². The van der Waals surface area contributed by atoms with Crippen LogP contribution in [-0.4, -0.2) is 76.7 Å². The van der Waals surface area contributed by atoms with E-state index in [0.29, 0.717) is 12.8 Å². The highest BCUT2D eigenvalue weighted by Crippen LogP contribution is 2.11. The molecule has 0 aliphatic heterocycles. The number of nitrogens with one attached hydrogen (secondary N) is 3. The summed E-state index contributed by atoms with van der Waals surface area (Å²) in [6.07, 6.45) is 0.0876. The quantitative estimate of drug-likeness (QED) is 0.0688. The second-order valence-electron chi connectivity index (χ2n) is 9.18. The van der Waals surface area contributed by atoms with Gasteiger partial charge in [0.05, 0.1) is 6.10 Å². The number of hydrogen-bond acceptors (Lipinski definition) is 7. The molecule has 0 fully saturated rings. The molecule has 0 aromatic carbocycles. The summed E-state index contributed by atoms with van der Waals surface area (Å²) in [5.41, 5.74) is 16.3. The first-order valence-electron chi connectivity index (χ1n) is 11.8. The largest absolute Gasteiger partial charge is 0.480 e. The predicted octanol–water partition coefficient (Wildman–Crippen LogP) is -1.62. The van der Waals surface area contributed by atoms with Crippen LogP contribution in [0.1, 0.15) is 60.3 Å². The van der Waals surface area contributed by atoms with Gasteiger partial charge in [-0.2, -0.15) is 0 Å². The number of carboxylic acids is 1. The first-order chi connectivity index (χ1) is 16.2. The molecule has 0 spiro atoms. The number of guanidine groups is 1. The van der Waals surface area contributed by atoms with Gasteiger partial charge in [-0.05, 0) is 38.0 Å². The number of aliphatic imine (C=N–C) groups is 1. The topological polar surface area (TPSA) is 235 Å². The number of aliphatic carboxylic acids is 1. The highest BCUT2D eigenvalue weighted by molar-refractivity contribution is 5.94. The molecular formula is C22H43N7O6. The molecule has 0 rings (SSSR count). The number of amides is 3. The van der Waals surface area contributed by atoms with Crippen molar-refractivity contribution < 1.29 is 29.4 Å². The van der Waals surface area contributed by atoms with Crippen molar-refractivity contribution in [3.63, 3.8) is 0 Å². The molecule has 13 nitrogen and oxygen atoms in total. The minimum Gasteiger partial charge on any atom is -0.480 e. The van der Waals surface area contributed by atoms with Crippen molar-refractivity contribution in [1.82, 2.24) is 16.0 Å². The number of carboxylic acid groups (broad SMARTS) is 1. The molecule has 202 valence electrons. The van der Waals surface area contributed by atoms with E-state index in [2.05, 4.69) is 20.9 Å². The Balaban J connectivity index is 5.69. The van der Waals surface area contributed by atoms with Gasteiger partial charge in [0.15, 0.2) is 5.96 Å². The molecule has 13 heteroatoms. The number of carbonyl (C=O) groups is 4. The molecule has 0 aliphatic carbocycles. The first-order valence-corrected chi connectivity index (χ1v) is 11.8. The Labute approximate surface area is 206 Å². The molecule has 0 radical (unpaired) electrons. The number of nitrogens with zero attached hydrogens (tertiary/aromatic N) is 1. The summed E-state index contributed by atoms with van der Waals surface area (Å²) in [6, 6.07) is -4.49. The minimum atomic E-state index is -1.23. The molecule has 0 saturated heterocycles. The maximum atomic E-state index is 13.1. The summed E-state index contributed by atoms with van der Waals surface area (Å²) in [7, 11) is 0. The first kappa shape index (κ1) is 32.1. The monoisotopic (exact) mass is 501 g/mol. The molecule has 0 saturated carbocycles. The molecule has 0 aliphatic rings. The summed E-state index contributed by atoms with van der Waals surface area (Å²) in [4.78, 5) is 53.9. The molecule has 0 aromatic heterocycles. The Hall–Kier alpha value is -2.93. The zero-order valence-electron chi connectivity index (χ0n) is 21.3. The predicted molar refractivity (Wildman–Crippen MR) is 132 cm³/mol. The lowest BCUT2D eigenvalue weighted by molar-refractivity contribution is -0.144. The van der Waals surface area contributed by atoms with Crippen molar-refractivity contribution in [3.05, 3.63) is 0 Å². The van der Waals surface area contributed by atoms with Crippen LogP contribution in [0.15, 0.2) is 4.99 Å². The van der Waals surface area contributed by atoms with E-state index in [1.807, 2.05) is 13.8 Å². The minimum absolute atomic E-state index is 0.00441. The standard InChI is InChI=1S/C22H43N7O6/c1-6-12(4)17(21(34)35)29-18(31)14(8-7-9-26-22(24)25)27-19(32)15(10-11(2)3)28-20(33)16(23)13(5)30/h11-17,30H,6-10,23H2,1-5H3,(H,27,32)(H,28,33)(H,29,31)(H,34,35)(H4,24,25,26). The third kappa shape index (κ3) is 12.4. The SMILES string of the molecule is CCC(C)C(NC(=O)C(CCCN=C(N)N)NC(=O)C(CC(C)C)NC(=O)C(N)C(C)O)C(=O)O. The Morgan fingerprint density at radius 2 is 1.46 bits per heavy atom. The van der Waals surface area contributed by atoms with Crippen molar-refractivity contribution in [1.29, 1.82) is 0 Å². The van der Waals surface area contributed by atoms with Gasteiger partial charge in [-0.1, -0.05) is 34.1 Å². The van der Waals surface area contributed by atoms with E-state index in [1.165, 1.54) is 6.92 Å². The van der Waals surface area contributed by atoms with Crippen LogP contribution in [0, 0.1) is 11.8 Å². The fourth-order valence-corrected chi connectivity index (χ4v) is 3.17. The maximum absolute atomic E-state index is 13.1. The van der Waals surface area contributed by atoms with Crippen molar-refractivity contribution >= 4 is 29.7 Å². The lowest BCUT2D eigenvalue weighted by Gasteiger charge is -2.27. The molecule has 0 bridgehead atoms. The highest BCUT2D eigenvalue weighted by atomic mass is 16.4. The summed E-state index contributed by atoms with van der Waals surface area (Å²) >= 11 is 0. The fraction of sp³-hybridized carbons (Fsp3) is 0.773. The van der Waals surface area contributed by atoms with Gasteiger partial charge in [0.25, 0.3) is 0 Å². The van der Waals surface area contributed by atoms with E-state index in [4.69, 9.17) is 17.2 Å². The number of rotatable bonds is 16. The molecular weight excluding hydrogens is 458 g/mol. The van der Waals surface area contributed by atoms with Crippen LogP contribution in [0.3, 0.4) is 0 Å². The highest BCUT2D eigenvalue weighted by Gasteiger charge is 2.32. The molecule has 6 atom stereocenters. The number of nitrogens with two attached hydrogens (primary N) is 3. The van der Waals surface area contributed by atoms with Gasteiger partial charge in [-0.3, -0.25) is 19.4 Å². The average Bonchev–Trinajstić information content (AvgIpc) is 2.76. The number of hydrogen-bond donors (Lipinski definition) is 8. The lowest BCUT2D eigenvalue weighted by atomic mass is 9.98. The summed E-state index contributed by atoms with van der Waals surface area (Å²) < 4.78 is 0. The number of aliphatic hydroxyl groups excluding tert-OH is 1. The summed E-state index contributed by atoms with van der Waals surface area (Å²) in [5.74, 6) is -3.66. The van der Waals surface area contributed by atoms with E-state index in [9.17, 15) is 29.4 Å². The van der Waals surface area contributed by atoms with Crippen LogP contribution in [0.4, 0.5) is 0 Å². The third-order valence-corrected chi connectivity index (χ3v) is 5.52. The Bertz CT molecular complexity index is 740. The Morgan fingerprint density at radius 3 is 1.91 bits per heavy atom. The second kappa shape index (κ2) is 15.9. The van der Waals surface area contributed by atoms with Gasteiger partial charge in [0, 0.05) is 6.54 Å². The molecule has 35 heavy (non-hydrogen) atoms. The normalized spacial score (nSPS) is 16.2. The smallest absolute Gasteiger partial charge is 0.326 e. The maximum Gasteiger partial charge on any atom is 0.326 e. The van der Waals surface area contributed by atoms with E-state index in [0.717, 1.165) is 0 Å². The van der Waals surface area contributed by atoms with Crippen molar-refractivity contribution in [2.75, 3.05) is 6.54 Å². The van der Waals surface area contributed by atoms with Crippen molar-refractivity contribution in [2.45, 2.75) is 90.6 Å². The van der Waals surface area contributed by atoms with Crippen molar-refractivity contribution in [3.8, 4) is 0 Å². The van der Waals surface area contributed by atoms with E-state index in [-0.39, 0.29) is 37.2 Å². The fourth-order valence-electron chi connectivity index (χ4n) is 3.17. The van der Waals surface area contributed by atoms with Gasteiger partial charge < -0.3 is 43.4 Å². The van der Waals surface area contributed by atoms with Gasteiger partial charge in [-0.25, -0.2) is 4.79 Å². The Kier molecular flexibility index (Phi) is 14.5. The van der Waals surface area contributed by atoms with Gasteiger partial charge in [-0.15, -0.1) is 0 Å². The van der Waals surface area contributed by atoms with Gasteiger partial charge in [0.1, 0.15) is 24.2 Å².